The van der Waals surface area contributed by atoms with Crippen molar-refractivity contribution in [2.45, 2.75) is 6.04 Å². The van der Waals surface area contributed by atoms with E-state index in [1.54, 1.807) is 0 Å². The fourth-order valence-corrected chi connectivity index (χ4v) is 1.11. The summed E-state index contributed by atoms with van der Waals surface area (Å²) in [6, 6.07) is 0.281. The molecule has 0 aliphatic carbocycles. The van der Waals surface area contributed by atoms with Crippen LogP contribution in [0, 0.1) is 5.92 Å². The molecule has 2 saturated heterocycles. The highest BCUT2D eigenvalue weighted by Gasteiger charge is 2.28. The minimum absolute atomic E-state index is 0. The van der Waals surface area contributed by atoms with Gasteiger partial charge in [-0.1, -0.05) is 0 Å². The average molecular weight is 193 g/mol. The first-order chi connectivity index (χ1) is 5.36. The SMILES string of the molecule is Cl.O=C(NC1COC1)C1CNC1. The van der Waals surface area contributed by atoms with Gasteiger partial charge in [-0.2, -0.15) is 0 Å². The third kappa shape index (κ3) is 1.88. The van der Waals surface area contributed by atoms with Gasteiger partial charge < -0.3 is 15.4 Å². The van der Waals surface area contributed by atoms with Gasteiger partial charge in [0.25, 0.3) is 0 Å². The van der Waals surface area contributed by atoms with Crippen molar-refractivity contribution in [3.63, 3.8) is 0 Å². The van der Waals surface area contributed by atoms with Crippen molar-refractivity contribution in [1.82, 2.24) is 10.6 Å². The zero-order valence-corrected chi connectivity index (χ0v) is 7.52. The molecule has 0 aromatic carbocycles. The van der Waals surface area contributed by atoms with Crippen molar-refractivity contribution in [3.8, 4) is 0 Å². The summed E-state index contributed by atoms with van der Waals surface area (Å²) in [4.78, 5) is 11.2. The minimum atomic E-state index is 0. The molecule has 0 aromatic rings. The Balaban J connectivity index is 0.000000720. The van der Waals surface area contributed by atoms with E-state index in [9.17, 15) is 4.79 Å². The molecule has 4 nitrogen and oxygen atoms in total. The number of rotatable bonds is 2. The second kappa shape index (κ2) is 4.07. The lowest BCUT2D eigenvalue weighted by Crippen LogP contribution is -2.56. The molecule has 5 heteroatoms. The zero-order chi connectivity index (χ0) is 7.68. The quantitative estimate of drug-likeness (QED) is 0.599. The molecular weight excluding hydrogens is 180 g/mol. The van der Waals surface area contributed by atoms with E-state index >= 15 is 0 Å². The molecule has 1 amide bonds. The minimum Gasteiger partial charge on any atom is -0.377 e. The van der Waals surface area contributed by atoms with Gasteiger partial charge in [-0.25, -0.2) is 0 Å². The number of halogens is 1. The summed E-state index contributed by atoms with van der Waals surface area (Å²) in [7, 11) is 0. The van der Waals surface area contributed by atoms with Gasteiger partial charge in [-0.3, -0.25) is 4.79 Å². The molecule has 0 spiro atoms. The first-order valence-corrected chi connectivity index (χ1v) is 3.95. The van der Waals surface area contributed by atoms with Crippen molar-refractivity contribution < 1.29 is 9.53 Å². The van der Waals surface area contributed by atoms with Gasteiger partial charge in [0.1, 0.15) is 0 Å². The third-order valence-electron chi connectivity index (χ3n) is 2.14. The number of carbonyl (C=O) groups is 1. The van der Waals surface area contributed by atoms with Crippen LogP contribution in [0.5, 0.6) is 0 Å². The molecule has 0 radical (unpaired) electrons. The maximum Gasteiger partial charge on any atom is 0.226 e. The normalized spacial score (nSPS) is 23.3. The van der Waals surface area contributed by atoms with Crippen LogP contribution in [0.2, 0.25) is 0 Å². The predicted octanol–water partition coefficient (Wildman–Crippen LogP) is -0.857. The van der Waals surface area contributed by atoms with Crippen LogP contribution in [-0.4, -0.2) is 38.3 Å². The number of ether oxygens (including phenoxy) is 1. The van der Waals surface area contributed by atoms with Crippen molar-refractivity contribution in [2.24, 2.45) is 5.92 Å². The number of carbonyl (C=O) groups excluding carboxylic acids is 1. The molecule has 0 saturated carbocycles. The topological polar surface area (TPSA) is 50.4 Å². The van der Waals surface area contributed by atoms with Crippen molar-refractivity contribution >= 4 is 18.3 Å². The average Bonchev–Trinajstić information content (AvgIpc) is 1.74. The number of amides is 1. The van der Waals surface area contributed by atoms with Crippen LogP contribution >= 0.6 is 12.4 Å². The highest BCUT2D eigenvalue weighted by molar-refractivity contribution is 5.85. The fraction of sp³-hybridized carbons (Fsp3) is 0.857. The highest BCUT2D eigenvalue weighted by Crippen LogP contribution is 2.05. The highest BCUT2D eigenvalue weighted by atomic mass is 35.5. The van der Waals surface area contributed by atoms with Crippen LogP contribution < -0.4 is 10.6 Å². The number of nitrogens with one attached hydrogen (secondary N) is 2. The van der Waals surface area contributed by atoms with Crippen LogP contribution in [0.25, 0.3) is 0 Å². The molecule has 2 rings (SSSR count). The molecule has 2 heterocycles. The van der Waals surface area contributed by atoms with Crippen molar-refractivity contribution in [1.29, 1.82) is 0 Å². The van der Waals surface area contributed by atoms with Gasteiger partial charge >= 0.3 is 0 Å². The number of hydrogen-bond donors (Lipinski definition) is 2. The Morgan fingerprint density at radius 2 is 2.08 bits per heavy atom. The molecule has 2 aliphatic rings. The molecule has 2 fully saturated rings. The smallest absolute Gasteiger partial charge is 0.226 e. The van der Waals surface area contributed by atoms with Crippen LogP contribution in [-0.2, 0) is 9.53 Å². The Labute approximate surface area is 77.4 Å². The monoisotopic (exact) mass is 192 g/mol. The van der Waals surface area contributed by atoms with Gasteiger partial charge in [-0.05, 0) is 0 Å². The van der Waals surface area contributed by atoms with E-state index in [-0.39, 0.29) is 30.3 Å². The Kier molecular flexibility index (Phi) is 3.31. The van der Waals surface area contributed by atoms with Crippen molar-refractivity contribution in [3.05, 3.63) is 0 Å². The van der Waals surface area contributed by atoms with Crippen LogP contribution in [0.15, 0.2) is 0 Å². The van der Waals surface area contributed by atoms with E-state index in [1.165, 1.54) is 0 Å². The Hall–Kier alpha value is -0.320. The maximum absolute atomic E-state index is 11.2. The predicted molar refractivity (Wildman–Crippen MR) is 46.4 cm³/mol. The van der Waals surface area contributed by atoms with Gasteiger partial charge in [0.05, 0.1) is 25.2 Å². The van der Waals surface area contributed by atoms with E-state index in [0.29, 0.717) is 13.2 Å². The summed E-state index contributed by atoms with van der Waals surface area (Å²) >= 11 is 0. The first-order valence-electron chi connectivity index (χ1n) is 3.95. The lowest BCUT2D eigenvalue weighted by Gasteiger charge is -2.31. The first kappa shape index (κ1) is 9.77. The maximum atomic E-state index is 11.2. The fourth-order valence-electron chi connectivity index (χ4n) is 1.11. The molecule has 0 unspecified atom stereocenters. The molecule has 0 bridgehead atoms. The summed E-state index contributed by atoms with van der Waals surface area (Å²) in [6.45, 7) is 3.04. The molecule has 2 N–H and O–H groups in total. The zero-order valence-electron chi connectivity index (χ0n) is 6.71. The summed E-state index contributed by atoms with van der Waals surface area (Å²) in [6.07, 6.45) is 0. The largest absolute Gasteiger partial charge is 0.377 e. The molecule has 70 valence electrons. The second-order valence-electron chi connectivity index (χ2n) is 3.10. The molecule has 12 heavy (non-hydrogen) atoms. The van der Waals surface area contributed by atoms with Gasteiger partial charge in [0, 0.05) is 13.1 Å². The Morgan fingerprint density at radius 1 is 1.42 bits per heavy atom. The van der Waals surface area contributed by atoms with E-state index in [1.807, 2.05) is 0 Å². The van der Waals surface area contributed by atoms with E-state index in [0.717, 1.165) is 13.1 Å². The lowest BCUT2D eigenvalue weighted by molar-refractivity contribution is -0.130. The van der Waals surface area contributed by atoms with Gasteiger partial charge in [0.15, 0.2) is 0 Å². The number of hydrogen-bond acceptors (Lipinski definition) is 3. The van der Waals surface area contributed by atoms with E-state index < -0.39 is 0 Å². The Morgan fingerprint density at radius 3 is 2.42 bits per heavy atom. The van der Waals surface area contributed by atoms with Crippen molar-refractivity contribution in [2.75, 3.05) is 26.3 Å². The van der Waals surface area contributed by atoms with Crippen LogP contribution in [0.1, 0.15) is 0 Å². The molecular formula is C7H13ClN2O2. The lowest BCUT2D eigenvalue weighted by atomic mass is 10.0. The van der Waals surface area contributed by atoms with Gasteiger partial charge in [0.2, 0.25) is 5.91 Å². The molecule has 2 aliphatic heterocycles. The van der Waals surface area contributed by atoms with E-state index in [4.69, 9.17) is 4.74 Å². The molecule has 0 aromatic heterocycles. The summed E-state index contributed by atoms with van der Waals surface area (Å²) in [5.74, 6) is 0.382. The summed E-state index contributed by atoms with van der Waals surface area (Å²) < 4.78 is 4.94. The summed E-state index contributed by atoms with van der Waals surface area (Å²) in [5, 5.41) is 5.97. The van der Waals surface area contributed by atoms with Crippen LogP contribution in [0.4, 0.5) is 0 Å². The second-order valence-corrected chi connectivity index (χ2v) is 3.10. The summed E-state index contributed by atoms with van der Waals surface area (Å²) in [5.41, 5.74) is 0. The van der Waals surface area contributed by atoms with Gasteiger partial charge in [-0.15, -0.1) is 12.4 Å². The van der Waals surface area contributed by atoms with Crippen LogP contribution in [0.3, 0.4) is 0 Å². The Bertz CT molecular complexity index is 169. The standard InChI is InChI=1S/C7H12N2O2.ClH/c10-7(5-1-8-2-5)9-6-3-11-4-6;/h5-6,8H,1-4H2,(H,9,10);1H. The van der Waals surface area contributed by atoms with E-state index in [2.05, 4.69) is 10.6 Å². The third-order valence-corrected chi connectivity index (χ3v) is 2.14. The molecule has 0 atom stereocenters.